The van der Waals surface area contributed by atoms with Crippen LogP contribution in [-0.2, 0) is 99.1 Å². The quantitative estimate of drug-likeness (QED) is 0.0166. The van der Waals surface area contributed by atoms with Crippen molar-refractivity contribution in [2.45, 2.75) is 223 Å². The van der Waals surface area contributed by atoms with Gasteiger partial charge in [-0.25, -0.2) is 4.79 Å². The van der Waals surface area contributed by atoms with Crippen LogP contribution in [0.2, 0.25) is 0 Å². The number of nitrogens with two attached hydrogens (primary N) is 3. The number of hydrogen-bond acceptors (Lipinski definition) is 26. The molecule has 0 aromatic heterocycles. The summed E-state index contributed by atoms with van der Waals surface area (Å²) < 4.78 is 0. The zero-order valence-corrected chi connectivity index (χ0v) is 68.1. The van der Waals surface area contributed by atoms with Crippen LogP contribution in [0, 0.1) is 23.2 Å². The molecule has 46 nitrogen and oxygen atoms in total. The monoisotopic (exact) mass is 1720 g/mol. The summed E-state index contributed by atoms with van der Waals surface area (Å²) in [7, 11) is 0. The first kappa shape index (κ1) is 105. The molecule has 15 atom stereocenters. The van der Waals surface area contributed by atoms with Gasteiger partial charge in [0, 0.05) is 25.8 Å². The summed E-state index contributed by atoms with van der Waals surface area (Å²) in [6.07, 6.45) is -6.80. The smallest absolute Gasteiger partial charge is 0.326 e. The maximum absolute atomic E-state index is 14.3. The van der Waals surface area contributed by atoms with Crippen molar-refractivity contribution in [2.75, 3.05) is 39.5 Å². The Morgan fingerprint density at radius 1 is 0.397 bits per heavy atom. The second kappa shape index (κ2) is 54.0. The molecule has 0 aliphatic rings. The molecule has 121 heavy (non-hydrogen) atoms. The Kier molecular flexibility index (Phi) is 46.8. The Labute approximate surface area is 695 Å². The molecule has 0 saturated heterocycles. The number of unbranched alkanes of at least 4 members (excludes halogenated alkanes) is 1. The summed E-state index contributed by atoms with van der Waals surface area (Å²) >= 11 is 0. The fourth-order valence-corrected chi connectivity index (χ4v) is 11.6. The van der Waals surface area contributed by atoms with Crippen molar-refractivity contribution >= 4 is 113 Å². The number of benzene rings is 2. The molecule has 46 heteroatoms. The number of nitrogens with one attached hydrogen (secondary N) is 16. The summed E-state index contributed by atoms with van der Waals surface area (Å²) in [5, 5.41) is 133. The highest BCUT2D eigenvalue weighted by Gasteiger charge is 2.40. The van der Waals surface area contributed by atoms with E-state index in [-0.39, 0.29) is 88.5 Å². The van der Waals surface area contributed by atoms with Crippen LogP contribution in [0.1, 0.15) is 130 Å². The van der Waals surface area contributed by atoms with E-state index in [9.17, 15) is 127 Å². The van der Waals surface area contributed by atoms with Gasteiger partial charge in [-0.2, -0.15) is 0 Å². The number of carbonyl (C=O) groups is 18. The van der Waals surface area contributed by atoms with Gasteiger partial charge in [-0.05, 0) is 106 Å². The number of aliphatic hydroxyl groups excluding tert-OH is 4. The third-order valence-electron chi connectivity index (χ3n) is 18.0. The summed E-state index contributed by atoms with van der Waals surface area (Å²) in [6, 6.07) is -11.5. The number of phenolic OH excluding ortho intramolecular Hbond substituents is 1. The van der Waals surface area contributed by atoms with Gasteiger partial charge in [0.2, 0.25) is 82.7 Å². The largest absolute Gasteiger partial charge is 0.508 e. The van der Waals surface area contributed by atoms with E-state index in [2.05, 4.69) is 79.8 Å². The zero-order chi connectivity index (χ0) is 91.5. The van der Waals surface area contributed by atoms with Crippen molar-refractivity contribution in [3.05, 3.63) is 65.7 Å². The van der Waals surface area contributed by atoms with Gasteiger partial charge < -0.3 is 143 Å². The fraction of sp³-hybridized carbons (Fsp3) is 0.587. The first-order valence-corrected chi connectivity index (χ1v) is 38.8. The lowest BCUT2D eigenvalue weighted by molar-refractivity contribution is -0.143. The first-order valence-electron chi connectivity index (χ1n) is 38.8. The van der Waals surface area contributed by atoms with Crippen molar-refractivity contribution in [3.63, 3.8) is 0 Å². The number of aromatic hydroxyl groups is 1. The fourth-order valence-electron chi connectivity index (χ4n) is 11.6. The lowest BCUT2D eigenvalue weighted by atomic mass is 9.99. The molecule has 0 aliphatic heterocycles. The van der Waals surface area contributed by atoms with E-state index in [0.29, 0.717) is 11.1 Å². The molecule has 674 valence electrons. The highest BCUT2D eigenvalue weighted by Crippen LogP contribution is 2.16. The van der Waals surface area contributed by atoms with Crippen LogP contribution >= 0.6 is 0 Å². The van der Waals surface area contributed by atoms with Crippen molar-refractivity contribution < 1.29 is 132 Å². The van der Waals surface area contributed by atoms with Gasteiger partial charge in [0.15, 0.2) is 5.96 Å². The molecule has 31 N–H and O–H groups in total. The number of carbonyl (C=O) groups excluding carboxylic acids is 14. The normalized spacial score (nSPS) is 14.8. The highest BCUT2D eigenvalue weighted by molar-refractivity contribution is 6.01. The molecule has 2 aromatic rings. The highest BCUT2D eigenvalue weighted by atomic mass is 16.4. The molecule has 0 unspecified atom stereocenters. The molecule has 2 rings (SSSR count). The molecular weight excluding hydrogens is 1600 g/mol. The molecule has 0 fully saturated rings. The Morgan fingerprint density at radius 2 is 0.777 bits per heavy atom. The van der Waals surface area contributed by atoms with Crippen molar-refractivity contribution in [1.82, 2.24) is 79.8 Å². The van der Waals surface area contributed by atoms with Crippen LogP contribution in [-0.4, -0.2) is 289 Å². The van der Waals surface area contributed by atoms with Crippen LogP contribution < -0.4 is 97.0 Å². The van der Waals surface area contributed by atoms with Crippen LogP contribution in [0.5, 0.6) is 5.75 Å². The molecule has 0 radical (unpaired) electrons. The van der Waals surface area contributed by atoms with E-state index in [1.807, 2.05) is 0 Å². The zero-order valence-electron chi connectivity index (χ0n) is 68.1. The third kappa shape index (κ3) is 39.9. The van der Waals surface area contributed by atoms with Gasteiger partial charge in [-0.3, -0.25) is 86.9 Å². The number of aliphatic carboxylic acids is 4. The minimum Gasteiger partial charge on any atom is -0.508 e. The minimum absolute atomic E-state index is 0.0258. The van der Waals surface area contributed by atoms with E-state index >= 15 is 0 Å². The van der Waals surface area contributed by atoms with E-state index < -0.39 is 261 Å². The van der Waals surface area contributed by atoms with E-state index in [4.69, 9.17) is 27.7 Å². The van der Waals surface area contributed by atoms with Crippen molar-refractivity contribution in [3.8, 4) is 5.75 Å². The summed E-state index contributed by atoms with van der Waals surface area (Å²) in [4.78, 5) is 242. The maximum Gasteiger partial charge on any atom is 0.326 e. The minimum atomic E-state index is -2.12. The van der Waals surface area contributed by atoms with Gasteiger partial charge in [0.25, 0.3) is 0 Å². The predicted octanol–water partition coefficient (Wildman–Crippen LogP) is -8.68. The Hall–Kier alpha value is -12.3. The Bertz CT molecular complexity index is 3860. The number of guanidine groups is 1. The molecule has 0 saturated carbocycles. The average molecular weight is 1720 g/mol. The number of phenols is 1. The number of amides is 14. The van der Waals surface area contributed by atoms with Crippen LogP contribution in [0.3, 0.4) is 0 Å². The molecule has 0 heterocycles. The Balaban J connectivity index is 2.46. The number of rotatable bonds is 57. The van der Waals surface area contributed by atoms with Crippen molar-refractivity contribution in [1.29, 1.82) is 5.41 Å². The van der Waals surface area contributed by atoms with E-state index in [1.165, 1.54) is 38.1 Å². The number of carboxylic acids is 4. The summed E-state index contributed by atoms with van der Waals surface area (Å²) in [6.45, 7) is 6.24. The predicted molar refractivity (Wildman–Crippen MR) is 426 cm³/mol. The standard InChI is InChI=1S/C75H117N19O27/c1-36(2)26-47(65(111)89-51(74(120)121)27-37(3)4)86-67(113)49(28-40-14-9-8-10-15-40)87-68(114)50(31-58(105)106)88-63(109)46(22-23-56(101)102)85-73(119)60(39(7)98)94-64(110)44(16-11-12-24-76)83-69(115)52(33-95)90-62(108)45(17-13-25-80-75(78)79)84-70(116)53(34-96)92-72(118)59(38(5)6)93-71(117)54(35-97)91-66(112)48(29-41-18-20-42(99)21-19-41)82-55(100)32-81-61(107)43(77)30-57(103)104/h8-10,14-15,18-21,36-39,43-54,59-60,95-99H,11-13,16-17,22-35,76-77H2,1-7H3,(H,81,107)(H,82,100)(H,83,115)(H,84,116)(H,85,119)(H,86,113)(H,87,114)(H,88,109)(H,89,111)(H,90,108)(H,91,112)(H,92,118)(H,93,117)(H,94,110)(H,101,102)(H,103,104)(H,105,106)(H,120,121)(H4,78,79,80)/t39-,43+,44+,45+,46+,47+,48+,49+,50+,51+,52+,53+,54+,59+,60+/m1/s1. The summed E-state index contributed by atoms with van der Waals surface area (Å²) in [5.41, 5.74) is 17.5. The van der Waals surface area contributed by atoms with Crippen LogP contribution in [0.25, 0.3) is 0 Å². The second-order valence-electron chi connectivity index (χ2n) is 29.6. The maximum atomic E-state index is 14.3. The number of carboxylic acid groups (broad SMARTS) is 4. The third-order valence-corrected chi connectivity index (χ3v) is 18.0. The van der Waals surface area contributed by atoms with Gasteiger partial charge in [-0.1, -0.05) is 84.0 Å². The van der Waals surface area contributed by atoms with Gasteiger partial charge in [-0.15, -0.1) is 0 Å². The molecule has 14 amide bonds. The van der Waals surface area contributed by atoms with Gasteiger partial charge in [0.05, 0.1) is 51.4 Å². The molecule has 0 aliphatic carbocycles. The lowest BCUT2D eigenvalue weighted by Crippen LogP contribution is -2.63. The van der Waals surface area contributed by atoms with Crippen LogP contribution in [0.15, 0.2) is 54.6 Å². The van der Waals surface area contributed by atoms with Crippen LogP contribution in [0.4, 0.5) is 0 Å². The van der Waals surface area contributed by atoms with Gasteiger partial charge >= 0.3 is 23.9 Å². The summed E-state index contributed by atoms with van der Waals surface area (Å²) in [5.74, 6) is -24.6. The average Bonchev–Trinajstić information content (AvgIpc) is 0.845. The van der Waals surface area contributed by atoms with Crippen molar-refractivity contribution in [2.24, 2.45) is 35.0 Å². The second-order valence-corrected chi connectivity index (χ2v) is 29.6. The molecule has 0 spiro atoms. The molecular formula is C75H117N19O27. The molecule has 0 bridgehead atoms. The SMILES string of the molecule is CC(C)C[C@H](NC(=O)[C@H](CC(C)C)NC(=O)[C@H](Cc1ccccc1)NC(=O)[C@H](CC(=O)O)NC(=O)[C@H](CCC(=O)O)NC(=O)[C@@H](NC(=O)[C@H](CCCCN)NC(=O)[C@H](CO)NC(=O)[C@H](CCCNC(=N)N)NC(=O)[C@H](CO)NC(=O)[C@@H](NC(=O)[C@H](CO)NC(=O)[C@H](Cc1ccc(O)cc1)NC(=O)CNC(=O)[C@@H](N)CC(=O)O)C(C)C)[C@@H](C)O)C(=O)O. The molecule has 2 aromatic carbocycles. The topological polar surface area (TPSA) is 772 Å². The number of hydrogen-bond donors (Lipinski definition) is 28. The Morgan fingerprint density at radius 3 is 1.25 bits per heavy atom. The van der Waals surface area contributed by atoms with E-state index in [1.54, 1.807) is 58.0 Å². The first-order chi connectivity index (χ1) is 56.8. The lowest BCUT2D eigenvalue weighted by Gasteiger charge is -2.29. The number of aliphatic hydroxyl groups is 4. The van der Waals surface area contributed by atoms with Gasteiger partial charge in [0.1, 0.15) is 84.3 Å². The van der Waals surface area contributed by atoms with E-state index in [0.717, 1.165) is 6.92 Å².